The van der Waals surface area contributed by atoms with E-state index in [1.807, 2.05) is 37.3 Å². The number of rotatable bonds is 6. The Hall–Kier alpha value is -0.970. The van der Waals surface area contributed by atoms with Crippen LogP contribution in [0.1, 0.15) is 11.1 Å². The van der Waals surface area contributed by atoms with Crippen molar-refractivity contribution in [2.45, 2.75) is 13.5 Å². The first-order valence-corrected chi connectivity index (χ1v) is 8.70. The summed E-state index contributed by atoms with van der Waals surface area (Å²) in [5.74, 6) is 0.780. The Morgan fingerprint density at radius 3 is 2.59 bits per heavy atom. The Labute approximate surface area is 152 Å². The molecule has 1 N–H and O–H groups in total. The number of benzene rings is 2. The molecule has 2 aromatic rings. The van der Waals surface area contributed by atoms with Gasteiger partial charge in [0.15, 0.2) is 0 Å². The molecule has 116 valence electrons. The van der Waals surface area contributed by atoms with Gasteiger partial charge in [-0.05, 0) is 74.2 Å². The summed E-state index contributed by atoms with van der Waals surface area (Å²) in [5, 5.41) is 4.17. The largest absolute Gasteiger partial charge is 0.487 e. The maximum Gasteiger partial charge on any atom is 0.148 e. The lowest BCUT2D eigenvalue weighted by molar-refractivity contribution is 0.358. The molecule has 2 aromatic carbocycles. The van der Waals surface area contributed by atoms with Crippen molar-refractivity contribution in [1.82, 2.24) is 0 Å². The van der Waals surface area contributed by atoms with Crippen LogP contribution in [0.4, 0.5) is 5.69 Å². The number of hydrogen-bond donors (Lipinski definition) is 1. The van der Waals surface area contributed by atoms with Gasteiger partial charge >= 0.3 is 0 Å². The van der Waals surface area contributed by atoms with Gasteiger partial charge in [-0.2, -0.15) is 0 Å². The van der Waals surface area contributed by atoms with Gasteiger partial charge in [-0.1, -0.05) is 30.3 Å². The van der Waals surface area contributed by atoms with Crippen LogP contribution in [0.25, 0.3) is 0 Å². The van der Waals surface area contributed by atoms with Crippen LogP contribution in [0.2, 0.25) is 5.02 Å². The van der Waals surface area contributed by atoms with Crippen LogP contribution >= 0.6 is 43.5 Å². The lowest BCUT2D eigenvalue weighted by Gasteiger charge is -2.13. The van der Waals surface area contributed by atoms with E-state index in [0.717, 1.165) is 36.5 Å². The second-order valence-corrected chi connectivity index (χ2v) is 6.87. The minimum Gasteiger partial charge on any atom is -0.487 e. The smallest absolute Gasteiger partial charge is 0.148 e. The number of ether oxygens (including phenoxy) is 1. The van der Waals surface area contributed by atoms with E-state index >= 15 is 0 Å². The summed E-state index contributed by atoms with van der Waals surface area (Å²) in [5.41, 5.74) is 3.21. The summed E-state index contributed by atoms with van der Waals surface area (Å²) in [7, 11) is 0. The Bertz CT molecular complexity index is 665. The SMILES string of the molecule is C=CCOc1c(Br)cc(CNc2cccc(Cl)c2C)cc1Br. The van der Waals surface area contributed by atoms with Crippen molar-refractivity contribution in [3.63, 3.8) is 0 Å². The van der Waals surface area contributed by atoms with E-state index < -0.39 is 0 Å². The van der Waals surface area contributed by atoms with Gasteiger partial charge in [0.25, 0.3) is 0 Å². The molecule has 5 heteroatoms. The van der Waals surface area contributed by atoms with Crippen molar-refractivity contribution in [1.29, 1.82) is 0 Å². The average Bonchev–Trinajstić information content (AvgIpc) is 2.48. The molecule has 2 nitrogen and oxygen atoms in total. The highest BCUT2D eigenvalue weighted by atomic mass is 79.9. The van der Waals surface area contributed by atoms with Gasteiger partial charge in [0.05, 0.1) is 8.95 Å². The van der Waals surface area contributed by atoms with Gasteiger partial charge in [0.1, 0.15) is 12.4 Å². The molecular weight excluding hydrogens is 429 g/mol. The molecule has 0 atom stereocenters. The van der Waals surface area contributed by atoms with Gasteiger partial charge in [0.2, 0.25) is 0 Å². The molecule has 0 spiro atoms. The molecule has 0 fully saturated rings. The fourth-order valence-electron chi connectivity index (χ4n) is 1.99. The summed E-state index contributed by atoms with van der Waals surface area (Å²) in [6.07, 6.45) is 1.72. The zero-order valence-corrected chi connectivity index (χ0v) is 16.1. The molecule has 0 aliphatic heterocycles. The third kappa shape index (κ3) is 4.28. The monoisotopic (exact) mass is 443 g/mol. The fraction of sp³-hybridized carbons (Fsp3) is 0.176. The van der Waals surface area contributed by atoms with Crippen molar-refractivity contribution in [3.05, 3.63) is 68.1 Å². The van der Waals surface area contributed by atoms with E-state index in [2.05, 4.69) is 43.8 Å². The molecule has 0 aromatic heterocycles. The first-order valence-electron chi connectivity index (χ1n) is 6.73. The third-order valence-corrected chi connectivity index (χ3v) is 4.74. The predicted octanol–water partition coefficient (Wildman–Crippen LogP) is 6.35. The lowest BCUT2D eigenvalue weighted by atomic mass is 10.1. The Balaban J connectivity index is 2.13. The predicted molar refractivity (Wildman–Crippen MR) is 101 cm³/mol. The first kappa shape index (κ1) is 17.4. The van der Waals surface area contributed by atoms with E-state index in [-0.39, 0.29) is 0 Å². The highest BCUT2D eigenvalue weighted by Crippen LogP contribution is 2.35. The summed E-state index contributed by atoms with van der Waals surface area (Å²) < 4.78 is 7.43. The van der Waals surface area contributed by atoms with Crippen LogP contribution in [0.5, 0.6) is 5.75 Å². The summed E-state index contributed by atoms with van der Waals surface area (Å²) >= 11 is 13.2. The summed E-state index contributed by atoms with van der Waals surface area (Å²) in [6.45, 7) is 6.82. The van der Waals surface area contributed by atoms with Gasteiger partial charge < -0.3 is 10.1 Å². The highest BCUT2D eigenvalue weighted by molar-refractivity contribution is 9.11. The van der Waals surface area contributed by atoms with Crippen molar-refractivity contribution < 1.29 is 4.74 Å². The minimum absolute atomic E-state index is 0.469. The number of nitrogens with one attached hydrogen (secondary N) is 1. The zero-order chi connectivity index (χ0) is 16.1. The zero-order valence-electron chi connectivity index (χ0n) is 12.1. The van der Waals surface area contributed by atoms with E-state index in [1.165, 1.54) is 0 Å². The van der Waals surface area contributed by atoms with Crippen molar-refractivity contribution >= 4 is 49.1 Å². The molecule has 2 rings (SSSR count). The lowest BCUT2D eigenvalue weighted by Crippen LogP contribution is -2.02. The van der Waals surface area contributed by atoms with Gasteiger partial charge in [-0.25, -0.2) is 0 Å². The summed E-state index contributed by atoms with van der Waals surface area (Å²) in [4.78, 5) is 0. The molecule has 0 bridgehead atoms. The quantitative estimate of drug-likeness (QED) is 0.523. The first-order chi connectivity index (χ1) is 10.5. The van der Waals surface area contributed by atoms with Crippen LogP contribution in [0.15, 0.2) is 51.9 Å². The average molecular weight is 446 g/mol. The van der Waals surface area contributed by atoms with Gasteiger partial charge in [0, 0.05) is 17.3 Å². The molecule has 0 amide bonds. The third-order valence-electron chi connectivity index (χ3n) is 3.15. The van der Waals surface area contributed by atoms with E-state index in [0.29, 0.717) is 13.2 Å². The molecular formula is C17H16Br2ClNO. The molecule has 0 unspecified atom stereocenters. The fourth-order valence-corrected chi connectivity index (χ4v) is 3.68. The standard InChI is InChI=1S/C17H16Br2ClNO/c1-3-7-22-17-13(18)8-12(9-14(17)19)10-21-16-6-4-5-15(20)11(16)2/h3-6,8-9,21H,1,7,10H2,2H3. The number of hydrogen-bond acceptors (Lipinski definition) is 2. The molecule has 22 heavy (non-hydrogen) atoms. The maximum atomic E-state index is 6.14. The van der Waals surface area contributed by atoms with E-state index in [9.17, 15) is 0 Å². The van der Waals surface area contributed by atoms with Crippen LogP contribution in [-0.4, -0.2) is 6.61 Å². The number of anilines is 1. The second kappa shape index (κ2) is 8.04. The Kier molecular flexibility index (Phi) is 6.36. The topological polar surface area (TPSA) is 21.3 Å². The highest BCUT2D eigenvalue weighted by Gasteiger charge is 2.09. The van der Waals surface area contributed by atoms with E-state index in [4.69, 9.17) is 16.3 Å². The maximum absolute atomic E-state index is 6.14. The minimum atomic E-state index is 0.469. The van der Waals surface area contributed by atoms with Crippen molar-refractivity contribution in [2.75, 3.05) is 11.9 Å². The van der Waals surface area contributed by atoms with E-state index in [1.54, 1.807) is 6.08 Å². The van der Waals surface area contributed by atoms with Crippen molar-refractivity contribution in [2.24, 2.45) is 0 Å². The van der Waals surface area contributed by atoms with Crippen molar-refractivity contribution in [3.8, 4) is 5.75 Å². The summed E-state index contributed by atoms with van der Waals surface area (Å²) in [6, 6.07) is 9.93. The van der Waals surface area contributed by atoms with Crippen LogP contribution in [0, 0.1) is 6.92 Å². The Morgan fingerprint density at radius 2 is 1.95 bits per heavy atom. The van der Waals surface area contributed by atoms with Crippen LogP contribution in [0.3, 0.4) is 0 Å². The normalized spacial score (nSPS) is 10.4. The van der Waals surface area contributed by atoms with Gasteiger partial charge in [-0.3, -0.25) is 0 Å². The molecule has 0 aliphatic carbocycles. The second-order valence-electron chi connectivity index (χ2n) is 4.75. The van der Waals surface area contributed by atoms with Gasteiger partial charge in [-0.15, -0.1) is 0 Å². The van der Waals surface area contributed by atoms with Crippen LogP contribution in [-0.2, 0) is 6.54 Å². The molecule has 0 aliphatic rings. The Morgan fingerprint density at radius 1 is 1.27 bits per heavy atom. The molecule has 0 radical (unpaired) electrons. The number of halogens is 3. The molecule has 0 saturated heterocycles. The van der Waals surface area contributed by atoms with Crippen LogP contribution < -0.4 is 10.1 Å². The molecule has 0 heterocycles. The molecule has 0 saturated carbocycles.